The van der Waals surface area contributed by atoms with E-state index in [1.807, 2.05) is 0 Å². The molecule has 1 saturated heterocycles. The fraction of sp³-hybridized carbons (Fsp3) is 0.647. The van der Waals surface area contributed by atoms with Crippen LogP contribution >= 0.6 is 0 Å². The molecule has 1 aromatic rings. The quantitative estimate of drug-likeness (QED) is 0.895. The lowest BCUT2D eigenvalue weighted by Crippen LogP contribution is -2.56. The first kappa shape index (κ1) is 15.5. The van der Waals surface area contributed by atoms with Crippen molar-refractivity contribution in [2.75, 3.05) is 32.8 Å². The third-order valence-electron chi connectivity index (χ3n) is 4.32. The number of nitrogens with one attached hydrogen (secondary N) is 1. The molecule has 0 radical (unpaired) electrons. The summed E-state index contributed by atoms with van der Waals surface area (Å²) in [4.78, 5) is 2.55. The summed E-state index contributed by atoms with van der Waals surface area (Å²) in [5, 5.41) is 3.68. The first-order valence-electron chi connectivity index (χ1n) is 7.68. The monoisotopic (exact) mass is 276 g/mol. The van der Waals surface area contributed by atoms with E-state index in [0.717, 1.165) is 32.8 Å². The van der Waals surface area contributed by atoms with Gasteiger partial charge < -0.3 is 10.1 Å². The van der Waals surface area contributed by atoms with Gasteiger partial charge in [0.1, 0.15) is 0 Å². The molecule has 0 aliphatic carbocycles. The highest BCUT2D eigenvalue weighted by Crippen LogP contribution is 2.32. The van der Waals surface area contributed by atoms with Crippen LogP contribution in [0.1, 0.15) is 37.9 Å². The fourth-order valence-corrected chi connectivity index (χ4v) is 3.15. The van der Waals surface area contributed by atoms with Crippen molar-refractivity contribution in [2.24, 2.45) is 0 Å². The summed E-state index contributed by atoms with van der Waals surface area (Å²) in [5.41, 5.74) is 2.78. The number of ether oxygens (including phenoxy) is 1. The molecule has 0 aromatic heterocycles. The molecular formula is C17H28N2O. The van der Waals surface area contributed by atoms with Crippen LogP contribution in [0.3, 0.4) is 0 Å². The zero-order valence-corrected chi connectivity index (χ0v) is 13.3. The van der Waals surface area contributed by atoms with E-state index in [1.165, 1.54) is 11.1 Å². The zero-order chi connectivity index (χ0) is 14.6. The molecule has 1 aliphatic heterocycles. The fourth-order valence-electron chi connectivity index (χ4n) is 3.15. The van der Waals surface area contributed by atoms with Crippen molar-refractivity contribution in [3.63, 3.8) is 0 Å². The van der Waals surface area contributed by atoms with Gasteiger partial charge in [0, 0.05) is 18.6 Å². The summed E-state index contributed by atoms with van der Waals surface area (Å²) in [6, 6.07) is 9.20. The Bertz CT molecular complexity index is 425. The van der Waals surface area contributed by atoms with Gasteiger partial charge >= 0.3 is 0 Å². The molecule has 0 saturated carbocycles. The number of aryl methyl sites for hydroxylation is 1. The van der Waals surface area contributed by atoms with E-state index in [2.05, 4.69) is 62.2 Å². The van der Waals surface area contributed by atoms with Crippen molar-refractivity contribution in [3.05, 3.63) is 35.4 Å². The van der Waals surface area contributed by atoms with Gasteiger partial charge in [-0.25, -0.2) is 0 Å². The first-order chi connectivity index (χ1) is 9.55. The summed E-state index contributed by atoms with van der Waals surface area (Å²) in [6.45, 7) is 13.7. The molecule has 20 heavy (non-hydrogen) atoms. The summed E-state index contributed by atoms with van der Waals surface area (Å²) >= 11 is 0. The molecule has 0 spiro atoms. The maximum absolute atomic E-state index is 5.50. The van der Waals surface area contributed by atoms with Crippen LogP contribution in [-0.4, -0.2) is 43.3 Å². The maximum atomic E-state index is 5.50. The molecule has 0 amide bonds. The minimum atomic E-state index is 0.0770. The molecule has 1 heterocycles. The van der Waals surface area contributed by atoms with Gasteiger partial charge in [0.2, 0.25) is 0 Å². The summed E-state index contributed by atoms with van der Waals surface area (Å²) in [6.07, 6.45) is 0. The predicted octanol–water partition coefficient (Wildman–Crippen LogP) is 2.76. The standard InChI is InChI=1S/C17H28N2O/c1-5-18-16(15-8-6-7-14(2)13-15)17(3,4)19-9-11-20-12-10-19/h6-8,13,16,18H,5,9-12H2,1-4H3. The van der Waals surface area contributed by atoms with Crippen LogP contribution in [0.5, 0.6) is 0 Å². The number of nitrogens with zero attached hydrogens (tertiary/aromatic N) is 1. The van der Waals surface area contributed by atoms with Gasteiger partial charge in [-0.05, 0) is 32.9 Å². The normalized spacial score (nSPS) is 19.0. The first-order valence-corrected chi connectivity index (χ1v) is 7.68. The van der Waals surface area contributed by atoms with Crippen LogP contribution < -0.4 is 5.32 Å². The van der Waals surface area contributed by atoms with Gasteiger partial charge in [-0.15, -0.1) is 0 Å². The Morgan fingerprint density at radius 2 is 2.00 bits per heavy atom. The van der Waals surface area contributed by atoms with E-state index in [1.54, 1.807) is 0 Å². The Morgan fingerprint density at radius 1 is 1.30 bits per heavy atom. The third kappa shape index (κ3) is 3.40. The number of rotatable bonds is 5. The average Bonchev–Trinajstić information content (AvgIpc) is 2.45. The van der Waals surface area contributed by atoms with Crippen molar-refractivity contribution >= 4 is 0 Å². The second-order valence-electron chi connectivity index (χ2n) is 6.16. The molecule has 1 unspecified atom stereocenters. The van der Waals surface area contributed by atoms with E-state index in [9.17, 15) is 0 Å². The minimum absolute atomic E-state index is 0.0770. The lowest BCUT2D eigenvalue weighted by molar-refractivity contribution is -0.0236. The number of hydrogen-bond acceptors (Lipinski definition) is 3. The second kappa shape index (κ2) is 6.70. The molecule has 1 atom stereocenters. The average molecular weight is 276 g/mol. The summed E-state index contributed by atoms with van der Waals surface area (Å²) in [5.74, 6) is 0. The largest absolute Gasteiger partial charge is 0.379 e. The smallest absolute Gasteiger partial charge is 0.0594 e. The Balaban J connectivity index is 2.26. The molecule has 3 nitrogen and oxygen atoms in total. The van der Waals surface area contributed by atoms with Gasteiger partial charge in [-0.3, -0.25) is 4.90 Å². The summed E-state index contributed by atoms with van der Waals surface area (Å²) in [7, 11) is 0. The van der Waals surface area contributed by atoms with E-state index < -0.39 is 0 Å². The van der Waals surface area contributed by atoms with Gasteiger partial charge in [0.05, 0.1) is 19.3 Å². The van der Waals surface area contributed by atoms with Gasteiger partial charge in [0.25, 0.3) is 0 Å². The number of benzene rings is 1. The highest BCUT2D eigenvalue weighted by atomic mass is 16.5. The second-order valence-corrected chi connectivity index (χ2v) is 6.16. The topological polar surface area (TPSA) is 24.5 Å². The Morgan fingerprint density at radius 3 is 2.60 bits per heavy atom. The number of hydrogen-bond donors (Lipinski definition) is 1. The lowest BCUT2D eigenvalue weighted by atomic mass is 9.86. The number of likely N-dealkylation sites (N-methyl/N-ethyl adjacent to an activating group) is 1. The van der Waals surface area contributed by atoms with Gasteiger partial charge in [-0.2, -0.15) is 0 Å². The van der Waals surface area contributed by atoms with Crippen LogP contribution in [0.2, 0.25) is 0 Å². The van der Waals surface area contributed by atoms with E-state index >= 15 is 0 Å². The van der Waals surface area contributed by atoms with E-state index in [-0.39, 0.29) is 5.54 Å². The van der Waals surface area contributed by atoms with Crippen LogP contribution in [-0.2, 0) is 4.74 Å². The highest BCUT2D eigenvalue weighted by molar-refractivity contribution is 5.27. The summed E-state index contributed by atoms with van der Waals surface area (Å²) < 4.78 is 5.50. The molecule has 3 heteroatoms. The molecule has 112 valence electrons. The molecule has 2 rings (SSSR count). The molecule has 1 aromatic carbocycles. The Labute approximate surface area is 123 Å². The molecule has 0 bridgehead atoms. The molecule has 1 fully saturated rings. The van der Waals surface area contributed by atoms with Gasteiger partial charge in [-0.1, -0.05) is 36.8 Å². The van der Waals surface area contributed by atoms with Crippen molar-refractivity contribution in [1.82, 2.24) is 10.2 Å². The van der Waals surface area contributed by atoms with Crippen molar-refractivity contribution in [1.29, 1.82) is 0 Å². The molecule has 1 N–H and O–H groups in total. The minimum Gasteiger partial charge on any atom is -0.379 e. The van der Waals surface area contributed by atoms with Crippen molar-refractivity contribution in [2.45, 2.75) is 39.3 Å². The molecule has 1 aliphatic rings. The zero-order valence-electron chi connectivity index (χ0n) is 13.3. The Hall–Kier alpha value is -0.900. The predicted molar refractivity (Wildman–Crippen MR) is 84.1 cm³/mol. The van der Waals surface area contributed by atoms with Crippen LogP contribution in [0.25, 0.3) is 0 Å². The molecular weight excluding hydrogens is 248 g/mol. The van der Waals surface area contributed by atoms with E-state index in [4.69, 9.17) is 4.74 Å². The lowest BCUT2D eigenvalue weighted by Gasteiger charge is -2.46. The van der Waals surface area contributed by atoms with Crippen LogP contribution in [0.4, 0.5) is 0 Å². The van der Waals surface area contributed by atoms with Gasteiger partial charge in [0.15, 0.2) is 0 Å². The van der Waals surface area contributed by atoms with Crippen LogP contribution in [0.15, 0.2) is 24.3 Å². The van der Waals surface area contributed by atoms with Crippen molar-refractivity contribution < 1.29 is 4.74 Å². The highest BCUT2D eigenvalue weighted by Gasteiger charge is 2.36. The SMILES string of the molecule is CCNC(c1cccc(C)c1)C(C)(C)N1CCOCC1. The van der Waals surface area contributed by atoms with Crippen LogP contribution in [0, 0.1) is 6.92 Å². The maximum Gasteiger partial charge on any atom is 0.0594 e. The Kier molecular flexibility index (Phi) is 5.19. The van der Waals surface area contributed by atoms with E-state index in [0.29, 0.717) is 6.04 Å². The van der Waals surface area contributed by atoms with Crippen molar-refractivity contribution in [3.8, 4) is 0 Å². The number of morpholine rings is 1. The third-order valence-corrected chi connectivity index (χ3v) is 4.32.